The van der Waals surface area contributed by atoms with Crippen LogP contribution in [-0.2, 0) is 10.0 Å². The molecule has 0 spiro atoms. The summed E-state index contributed by atoms with van der Waals surface area (Å²) >= 11 is 1.12. The molecule has 1 amide bonds. The van der Waals surface area contributed by atoms with E-state index < -0.39 is 15.9 Å². The number of ether oxygens (including phenoxy) is 1. The molecule has 0 bridgehead atoms. The fraction of sp³-hybridized carbons (Fsp3) is 0.353. The van der Waals surface area contributed by atoms with Crippen LogP contribution in [0.2, 0.25) is 0 Å². The van der Waals surface area contributed by atoms with Crippen LogP contribution in [-0.4, -0.2) is 38.3 Å². The van der Waals surface area contributed by atoms with Crippen molar-refractivity contribution in [3.05, 3.63) is 40.6 Å². The van der Waals surface area contributed by atoms with E-state index in [0.717, 1.165) is 24.2 Å². The number of nitrogens with one attached hydrogen (secondary N) is 1. The maximum absolute atomic E-state index is 12.8. The summed E-state index contributed by atoms with van der Waals surface area (Å²) in [6.45, 7) is 3.35. The fourth-order valence-electron chi connectivity index (χ4n) is 2.76. The van der Waals surface area contributed by atoms with Crippen molar-refractivity contribution in [2.24, 2.45) is 0 Å². The smallest absolute Gasteiger partial charge is 0.267 e. The topological polar surface area (TPSA) is 75.7 Å². The molecule has 0 atom stereocenters. The summed E-state index contributed by atoms with van der Waals surface area (Å²) in [7, 11) is -3.63. The van der Waals surface area contributed by atoms with Gasteiger partial charge in [-0.2, -0.15) is 4.31 Å². The first-order valence-electron chi connectivity index (χ1n) is 8.15. The Morgan fingerprint density at radius 2 is 1.96 bits per heavy atom. The lowest BCUT2D eigenvalue weighted by Crippen LogP contribution is -2.29. The van der Waals surface area contributed by atoms with Crippen LogP contribution in [0.4, 0.5) is 5.69 Å². The van der Waals surface area contributed by atoms with Gasteiger partial charge in [0.1, 0.15) is 15.5 Å². The highest BCUT2D eigenvalue weighted by atomic mass is 32.2. The molecular weight excluding hydrogens is 360 g/mol. The number of anilines is 1. The van der Waals surface area contributed by atoms with Crippen molar-refractivity contribution in [2.75, 3.05) is 25.0 Å². The lowest BCUT2D eigenvalue weighted by molar-refractivity contribution is 0.102. The zero-order valence-corrected chi connectivity index (χ0v) is 15.5. The van der Waals surface area contributed by atoms with E-state index in [1.807, 2.05) is 13.0 Å². The molecule has 0 aliphatic carbocycles. The Kier molecular flexibility index (Phi) is 5.41. The van der Waals surface area contributed by atoms with E-state index in [2.05, 4.69) is 5.32 Å². The first-order chi connectivity index (χ1) is 12.0. The summed E-state index contributed by atoms with van der Waals surface area (Å²) in [5.74, 6) is 0.110. The molecule has 0 radical (unpaired) electrons. The number of hydrogen-bond donors (Lipinski definition) is 1. The zero-order valence-electron chi connectivity index (χ0n) is 13.9. The summed E-state index contributed by atoms with van der Waals surface area (Å²) in [4.78, 5) is 12.9. The third-order valence-electron chi connectivity index (χ3n) is 3.95. The van der Waals surface area contributed by atoms with Gasteiger partial charge in [-0.05, 0) is 43.3 Å². The third-order valence-corrected chi connectivity index (χ3v) is 6.94. The van der Waals surface area contributed by atoms with E-state index in [4.69, 9.17) is 4.74 Å². The number of carbonyl (C=O) groups is 1. The van der Waals surface area contributed by atoms with Gasteiger partial charge in [0, 0.05) is 13.1 Å². The van der Waals surface area contributed by atoms with Crippen LogP contribution < -0.4 is 10.1 Å². The number of carbonyl (C=O) groups excluding carboxylic acids is 1. The van der Waals surface area contributed by atoms with Crippen molar-refractivity contribution in [1.29, 1.82) is 0 Å². The molecule has 0 saturated carbocycles. The average Bonchev–Trinajstić information content (AvgIpc) is 3.29. The van der Waals surface area contributed by atoms with Crippen LogP contribution in [0, 0.1) is 0 Å². The summed E-state index contributed by atoms with van der Waals surface area (Å²) in [6.07, 6.45) is 1.71. The van der Waals surface area contributed by atoms with Crippen molar-refractivity contribution in [3.63, 3.8) is 0 Å². The standard InChI is InChI=1S/C17H20N2O4S2/c1-2-23-14-8-4-3-7-13(14)18-17(20)16-15(9-12-24-16)25(21,22)19-10-5-6-11-19/h3-4,7-9,12H,2,5-6,10-11H2,1H3,(H,18,20). The lowest BCUT2D eigenvalue weighted by atomic mass is 10.3. The van der Waals surface area contributed by atoms with Gasteiger partial charge in [-0.15, -0.1) is 11.3 Å². The molecule has 1 aromatic carbocycles. The van der Waals surface area contributed by atoms with Gasteiger partial charge >= 0.3 is 0 Å². The Bertz CT molecular complexity index is 855. The Hall–Kier alpha value is -1.90. The van der Waals surface area contributed by atoms with Gasteiger partial charge in [0.25, 0.3) is 5.91 Å². The monoisotopic (exact) mass is 380 g/mol. The van der Waals surface area contributed by atoms with E-state index in [1.165, 1.54) is 10.4 Å². The number of rotatable bonds is 6. The molecule has 8 heteroatoms. The van der Waals surface area contributed by atoms with E-state index in [9.17, 15) is 13.2 Å². The van der Waals surface area contributed by atoms with Gasteiger partial charge in [0.05, 0.1) is 12.3 Å². The molecule has 1 fully saturated rings. The molecule has 2 aromatic rings. The molecule has 25 heavy (non-hydrogen) atoms. The quantitative estimate of drug-likeness (QED) is 0.835. The number of thiophene rings is 1. The van der Waals surface area contributed by atoms with Crippen LogP contribution in [0.5, 0.6) is 5.75 Å². The van der Waals surface area contributed by atoms with Crippen molar-refractivity contribution in [3.8, 4) is 5.75 Å². The Balaban J connectivity index is 1.86. The SMILES string of the molecule is CCOc1ccccc1NC(=O)c1sccc1S(=O)(=O)N1CCCC1. The highest BCUT2D eigenvalue weighted by Crippen LogP contribution is 2.30. The third kappa shape index (κ3) is 3.70. The summed E-state index contributed by atoms with van der Waals surface area (Å²) in [6, 6.07) is 8.59. The molecule has 0 unspecified atom stereocenters. The molecule has 6 nitrogen and oxygen atoms in total. The molecule has 1 aromatic heterocycles. The van der Waals surface area contributed by atoms with Crippen LogP contribution in [0.1, 0.15) is 29.4 Å². The molecule has 2 heterocycles. The molecule has 1 aliphatic heterocycles. The van der Waals surface area contributed by atoms with E-state index >= 15 is 0 Å². The minimum absolute atomic E-state index is 0.0748. The molecular formula is C17H20N2O4S2. The number of benzene rings is 1. The van der Waals surface area contributed by atoms with Crippen molar-refractivity contribution >= 4 is 33.0 Å². The van der Waals surface area contributed by atoms with Gasteiger partial charge in [-0.3, -0.25) is 4.79 Å². The van der Waals surface area contributed by atoms with Crippen molar-refractivity contribution in [2.45, 2.75) is 24.7 Å². The van der Waals surface area contributed by atoms with E-state index in [1.54, 1.807) is 23.6 Å². The maximum Gasteiger partial charge on any atom is 0.267 e. The van der Waals surface area contributed by atoms with Crippen LogP contribution in [0.25, 0.3) is 0 Å². The molecule has 3 rings (SSSR count). The number of sulfonamides is 1. The predicted molar refractivity (Wildman–Crippen MR) is 97.9 cm³/mol. The van der Waals surface area contributed by atoms with Crippen LogP contribution >= 0.6 is 11.3 Å². The molecule has 1 aliphatic rings. The molecule has 134 valence electrons. The minimum Gasteiger partial charge on any atom is -0.492 e. The van der Waals surface area contributed by atoms with Crippen molar-refractivity contribution < 1.29 is 17.9 Å². The number of amides is 1. The lowest BCUT2D eigenvalue weighted by Gasteiger charge is -2.16. The van der Waals surface area contributed by atoms with Gasteiger partial charge in [-0.1, -0.05) is 12.1 Å². The number of para-hydroxylation sites is 2. The Morgan fingerprint density at radius 3 is 2.68 bits per heavy atom. The first kappa shape index (κ1) is 17.9. The van der Waals surface area contributed by atoms with Gasteiger partial charge < -0.3 is 10.1 Å². The van der Waals surface area contributed by atoms with Crippen molar-refractivity contribution in [1.82, 2.24) is 4.31 Å². The Morgan fingerprint density at radius 1 is 1.24 bits per heavy atom. The first-order valence-corrected chi connectivity index (χ1v) is 10.5. The van der Waals surface area contributed by atoms with E-state index in [-0.39, 0.29) is 9.77 Å². The summed E-state index contributed by atoms with van der Waals surface area (Å²) < 4.78 is 32.5. The van der Waals surface area contributed by atoms with Crippen LogP contribution in [0.15, 0.2) is 40.6 Å². The fourth-order valence-corrected chi connectivity index (χ4v) is 5.58. The second-order valence-electron chi connectivity index (χ2n) is 5.61. The zero-order chi connectivity index (χ0) is 17.9. The average molecular weight is 380 g/mol. The molecule has 1 saturated heterocycles. The number of hydrogen-bond acceptors (Lipinski definition) is 5. The largest absolute Gasteiger partial charge is 0.492 e. The number of nitrogens with zero attached hydrogens (tertiary/aromatic N) is 1. The highest BCUT2D eigenvalue weighted by Gasteiger charge is 2.32. The summed E-state index contributed by atoms with van der Waals surface area (Å²) in [5, 5.41) is 4.40. The maximum atomic E-state index is 12.8. The second kappa shape index (κ2) is 7.55. The summed E-state index contributed by atoms with van der Waals surface area (Å²) in [5.41, 5.74) is 0.521. The van der Waals surface area contributed by atoms with E-state index in [0.29, 0.717) is 31.1 Å². The predicted octanol–water partition coefficient (Wildman–Crippen LogP) is 3.18. The highest BCUT2D eigenvalue weighted by molar-refractivity contribution is 7.89. The normalized spacial score (nSPS) is 15.2. The second-order valence-corrected chi connectivity index (χ2v) is 8.43. The minimum atomic E-state index is -3.63. The van der Waals surface area contributed by atoms with Gasteiger partial charge in [0.2, 0.25) is 10.0 Å². The van der Waals surface area contributed by atoms with Gasteiger partial charge in [0.15, 0.2) is 0 Å². The van der Waals surface area contributed by atoms with Crippen LogP contribution in [0.3, 0.4) is 0 Å². The van der Waals surface area contributed by atoms with Gasteiger partial charge in [-0.25, -0.2) is 8.42 Å². The molecule has 1 N–H and O–H groups in total. The Labute approximate surface area is 151 Å².